The molecule has 1 aromatic rings. The molecule has 0 unspecified atom stereocenters. The van der Waals surface area contributed by atoms with E-state index in [0.29, 0.717) is 0 Å². The number of likely N-dealkylation sites (tertiary alicyclic amines) is 1. The number of piperidine rings is 1. The van der Waals surface area contributed by atoms with Crippen molar-refractivity contribution in [3.05, 3.63) is 35.7 Å². The molecule has 21 heavy (non-hydrogen) atoms. The molecular weight excluding hydrogens is 262 g/mol. The van der Waals surface area contributed by atoms with Crippen molar-refractivity contribution in [1.29, 1.82) is 0 Å². The van der Waals surface area contributed by atoms with Crippen LogP contribution in [0, 0.1) is 19.8 Å². The molecule has 0 aromatic carbocycles. The number of carbonyl (C=O) groups excluding carboxylic acids is 1. The number of carbonyl (C=O) groups is 1. The lowest BCUT2D eigenvalue weighted by atomic mass is 9.96. The van der Waals surface area contributed by atoms with Crippen LogP contribution in [0.25, 0.3) is 5.57 Å². The van der Waals surface area contributed by atoms with Crippen molar-refractivity contribution in [3.8, 4) is 0 Å². The van der Waals surface area contributed by atoms with Crippen LogP contribution >= 0.6 is 0 Å². The summed E-state index contributed by atoms with van der Waals surface area (Å²) in [7, 11) is 2.10. The van der Waals surface area contributed by atoms with Gasteiger partial charge in [0.15, 0.2) is 0 Å². The van der Waals surface area contributed by atoms with Gasteiger partial charge in [-0.05, 0) is 64.9 Å². The Kier molecular flexibility index (Phi) is 4.78. The second-order valence-corrected chi connectivity index (χ2v) is 5.91. The summed E-state index contributed by atoms with van der Waals surface area (Å²) in [6.07, 6.45) is 5.70. The quantitative estimate of drug-likeness (QED) is 0.802. The number of hydrogen-bond acceptors (Lipinski definition) is 3. The maximum atomic E-state index is 12.7. The average Bonchev–Trinajstić information content (AvgIpc) is 2.76. The third kappa shape index (κ3) is 3.16. The molecule has 0 aliphatic carbocycles. The van der Waals surface area contributed by atoms with Gasteiger partial charge in [-0.1, -0.05) is 18.7 Å². The van der Waals surface area contributed by atoms with Crippen molar-refractivity contribution in [3.63, 3.8) is 0 Å². The summed E-state index contributed by atoms with van der Waals surface area (Å²) >= 11 is 0. The molecule has 2 rings (SSSR count). The van der Waals surface area contributed by atoms with Gasteiger partial charge in [-0.3, -0.25) is 4.79 Å². The highest BCUT2D eigenvalue weighted by molar-refractivity contribution is 5.83. The smallest absolute Gasteiger partial charge is 0.250 e. The summed E-state index contributed by atoms with van der Waals surface area (Å²) in [5.41, 5.74) is 3.65. The van der Waals surface area contributed by atoms with E-state index in [0.717, 1.165) is 48.5 Å². The number of nitrogens with zero attached hydrogens (tertiary/aromatic N) is 3. The van der Waals surface area contributed by atoms with E-state index in [2.05, 4.69) is 23.6 Å². The largest absolute Gasteiger partial charge is 0.306 e. The molecule has 4 heteroatoms. The second-order valence-electron chi connectivity index (χ2n) is 5.91. The van der Waals surface area contributed by atoms with Gasteiger partial charge >= 0.3 is 0 Å². The van der Waals surface area contributed by atoms with Gasteiger partial charge in [0, 0.05) is 11.6 Å². The van der Waals surface area contributed by atoms with E-state index in [4.69, 9.17) is 0 Å². The number of rotatable bonds is 3. The first-order valence-corrected chi connectivity index (χ1v) is 7.56. The number of hydrogen-bond donors (Lipinski definition) is 0. The lowest BCUT2D eigenvalue weighted by molar-refractivity contribution is 0.0748. The summed E-state index contributed by atoms with van der Waals surface area (Å²) in [5.74, 6) is 0.213. The molecule has 0 bridgehead atoms. The van der Waals surface area contributed by atoms with Gasteiger partial charge in [0.2, 0.25) is 5.91 Å². The van der Waals surface area contributed by atoms with Gasteiger partial charge in [-0.15, -0.1) is 0 Å². The molecule has 1 aliphatic rings. The standard InChI is InChI=1S/C17H25N3O/c1-6-7-12(2)16-13(3)14(4)20(18-16)17(21)15-8-10-19(5)11-9-15/h6-7,15H,2,8-11H2,1,3-5H3/b7-6-. The lowest BCUT2D eigenvalue weighted by Gasteiger charge is -2.27. The summed E-state index contributed by atoms with van der Waals surface area (Å²) < 4.78 is 1.59. The molecule has 0 radical (unpaired) electrons. The molecule has 0 N–H and O–H groups in total. The van der Waals surface area contributed by atoms with Gasteiger partial charge in [0.1, 0.15) is 0 Å². The van der Waals surface area contributed by atoms with Crippen molar-refractivity contribution in [2.24, 2.45) is 5.92 Å². The second kappa shape index (κ2) is 6.39. The predicted octanol–water partition coefficient (Wildman–Crippen LogP) is 3.07. The molecule has 0 amide bonds. The summed E-state index contributed by atoms with van der Waals surface area (Å²) in [6.45, 7) is 11.9. The van der Waals surface area contributed by atoms with Gasteiger partial charge in [0.05, 0.1) is 5.69 Å². The van der Waals surface area contributed by atoms with E-state index < -0.39 is 0 Å². The van der Waals surface area contributed by atoms with Crippen molar-refractivity contribution in [2.45, 2.75) is 33.6 Å². The fourth-order valence-corrected chi connectivity index (χ4v) is 2.81. The predicted molar refractivity (Wildman–Crippen MR) is 86.4 cm³/mol. The first kappa shape index (κ1) is 15.7. The van der Waals surface area contributed by atoms with E-state index in [1.54, 1.807) is 4.68 Å². The maximum absolute atomic E-state index is 12.7. The Balaban J connectivity index is 2.26. The van der Waals surface area contributed by atoms with Crippen LogP contribution < -0.4 is 0 Å². The zero-order valence-corrected chi connectivity index (χ0v) is 13.5. The van der Waals surface area contributed by atoms with E-state index in [1.165, 1.54) is 0 Å². The molecule has 0 saturated carbocycles. The Morgan fingerprint density at radius 3 is 2.52 bits per heavy atom. The molecule has 1 saturated heterocycles. The lowest BCUT2D eigenvalue weighted by Crippen LogP contribution is -2.36. The minimum absolute atomic E-state index is 0.0852. The Bertz CT molecular complexity index is 575. The molecule has 0 atom stereocenters. The first-order chi connectivity index (χ1) is 9.95. The SMILES string of the molecule is C=C(/C=C\C)c1nn(C(=O)C2CCN(C)CC2)c(C)c1C. The molecular formula is C17H25N3O. The van der Waals surface area contributed by atoms with Crippen LogP contribution in [0.4, 0.5) is 0 Å². The maximum Gasteiger partial charge on any atom is 0.250 e. The molecule has 114 valence electrons. The van der Waals surface area contributed by atoms with Crippen molar-refractivity contribution < 1.29 is 4.79 Å². The van der Waals surface area contributed by atoms with Gasteiger partial charge in [-0.25, -0.2) is 4.68 Å². The monoisotopic (exact) mass is 287 g/mol. The minimum Gasteiger partial charge on any atom is -0.306 e. The van der Waals surface area contributed by atoms with Crippen molar-refractivity contribution in [2.75, 3.05) is 20.1 Å². The topological polar surface area (TPSA) is 38.1 Å². The van der Waals surface area contributed by atoms with Crippen LogP contribution in [0.3, 0.4) is 0 Å². The third-order valence-corrected chi connectivity index (χ3v) is 4.36. The number of allylic oxidation sites excluding steroid dienone is 3. The van der Waals surface area contributed by atoms with Gasteiger partial charge in [-0.2, -0.15) is 5.10 Å². The van der Waals surface area contributed by atoms with Crippen LogP contribution in [0.1, 0.15) is 41.5 Å². The van der Waals surface area contributed by atoms with Crippen LogP contribution in [0.5, 0.6) is 0 Å². The normalized spacial score (nSPS) is 17.5. The van der Waals surface area contributed by atoms with Gasteiger partial charge in [0.25, 0.3) is 0 Å². The Morgan fingerprint density at radius 2 is 1.95 bits per heavy atom. The van der Waals surface area contributed by atoms with Crippen LogP contribution in [0.2, 0.25) is 0 Å². The average molecular weight is 287 g/mol. The molecule has 1 aromatic heterocycles. The highest BCUT2D eigenvalue weighted by Gasteiger charge is 2.27. The molecule has 1 fully saturated rings. The fraction of sp³-hybridized carbons (Fsp3) is 0.529. The van der Waals surface area contributed by atoms with E-state index >= 15 is 0 Å². The van der Waals surface area contributed by atoms with E-state index in [9.17, 15) is 4.79 Å². The number of aromatic nitrogens is 2. The molecule has 4 nitrogen and oxygen atoms in total. The van der Waals surface area contributed by atoms with Crippen LogP contribution in [-0.2, 0) is 0 Å². The highest BCUT2D eigenvalue weighted by Crippen LogP contribution is 2.24. The summed E-state index contributed by atoms with van der Waals surface area (Å²) in [6, 6.07) is 0. The fourth-order valence-electron chi connectivity index (χ4n) is 2.81. The third-order valence-electron chi connectivity index (χ3n) is 4.36. The highest BCUT2D eigenvalue weighted by atomic mass is 16.2. The summed E-state index contributed by atoms with van der Waals surface area (Å²) in [4.78, 5) is 15.0. The van der Waals surface area contributed by atoms with E-state index in [1.807, 2.05) is 32.9 Å². The molecule has 2 heterocycles. The first-order valence-electron chi connectivity index (χ1n) is 7.56. The minimum atomic E-state index is 0.0852. The van der Waals surface area contributed by atoms with Crippen molar-refractivity contribution >= 4 is 11.5 Å². The van der Waals surface area contributed by atoms with Crippen molar-refractivity contribution in [1.82, 2.24) is 14.7 Å². The van der Waals surface area contributed by atoms with Crippen LogP contribution in [-0.4, -0.2) is 40.7 Å². The van der Waals surface area contributed by atoms with Crippen LogP contribution in [0.15, 0.2) is 18.7 Å². The Labute approximate surface area is 127 Å². The Morgan fingerprint density at radius 1 is 1.33 bits per heavy atom. The van der Waals surface area contributed by atoms with E-state index in [-0.39, 0.29) is 11.8 Å². The summed E-state index contributed by atoms with van der Waals surface area (Å²) in [5, 5.41) is 4.52. The zero-order valence-electron chi connectivity index (χ0n) is 13.5. The molecule has 0 spiro atoms. The van der Waals surface area contributed by atoms with Gasteiger partial charge < -0.3 is 4.90 Å². The Hall–Kier alpha value is -1.68. The zero-order chi connectivity index (χ0) is 15.6. The molecule has 1 aliphatic heterocycles.